The standard InChI is InChI=1S/C63H42N2/c1-2-22-45(23-3-1)64(60-35-16-21-44-39-42-19-5-8-25-48(42)47-24-7-4-18-41(47)38-43-20-6-9-26-49(43)61(44)60)46-36-37-59-57(40-46)63(54-31-13-10-27-50(54)51-28-11-14-32-55(51)63)56-33-17-30-53-52-29-12-15-34-58(52)65(59)62(53)56/h1-37,40H,38-39H2. The summed E-state index contributed by atoms with van der Waals surface area (Å²) in [4.78, 5) is 2.53. The van der Waals surface area contributed by atoms with E-state index in [0.29, 0.717) is 0 Å². The first-order valence-electron chi connectivity index (χ1n) is 22.9. The Labute approximate surface area is 379 Å². The number of fused-ring (bicyclic) bond motifs is 18. The summed E-state index contributed by atoms with van der Waals surface area (Å²) in [5.74, 6) is 0. The first kappa shape index (κ1) is 36.3. The van der Waals surface area contributed by atoms with Crippen LogP contribution in [-0.4, -0.2) is 4.57 Å². The van der Waals surface area contributed by atoms with Crippen LogP contribution in [0.15, 0.2) is 231 Å². The zero-order valence-corrected chi connectivity index (χ0v) is 35.7. The second kappa shape index (κ2) is 13.9. The molecule has 1 aromatic heterocycles. The molecule has 14 rings (SSSR count). The molecule has 0 atom stereocenters. The lowest BCUT2D eigenvalue weighted by Gasteiger charge is -2.40. The van der Waals surface area contributed by atoms with E-state index in [2.05, 4.69) is 240 Å². The highest BCUT2D eigenvalue weighted by Gasteiger charge is 2.51. The Morgan fingerprint density at radius 2 is 0.877 bits per heavy atom. The Morgan fingerprint density at radius 1 is 0.354 bits per heavy atom. The number of para-hydroxylation sites is 3. The van der Waals surface area contributed by atoms with Crippen LogP contribution in [0.2, 0.25) is 0 Å². The first-order valence-corrected chi connectivity index (χ1v) is 22.9. The zero-order valence-electron chi connectivity index (χ0n) is 35.7. The highest BCUT2D eigenvalue weighted by Crippen LogP contribution is 2.62. The second-order valence-electron chi connectivity index (χ2n) is 17.9. The van der Waals surface area contributed by atoms with Gasteiger partial charge in [-0.25, -0.2) is 0 Å². The van der Waals surface area contributed by atoms with E-state index in [-0.39, 0.29) is 0 Å². The summed E-state index contributed by atoms with van der Waals surface area (Å²) in [5, 5.41) is 2.57. The molecule has 2 aliphatic carbocycles. The Bertz CT molecular complexity index is 3690. The SMILES string of the molecule is c1ccc(N(c2ccc3c(c2)C2(c4ccccc4-c4ccccc42)c2cccc4c5ccccc5n-3c24)c2cccc3c2-c2ccccc2Cc2ccccc2-c2ccccc2C3)cc1. The highest BCUT2D eigenvalue weighted by molar-refractivity contribution is 6.13. The molecule has 0 saturated carbocycles. The quantitative estimate of drug-likeness (QED) is 0.172. The minimum atomic E-state index is -0.559. The monoisotopic (exact) mass is 826 g/mol. The molecule has 2 nitrogen and oxygen atoms in total. The van der Waals surface area contributed by atoms with Crippen molar-refractivity contribution in [2.45, 2.75) is 18.3 Å². The Morgan fingerprint density at radius 3 is 1.60 bits per heavy atom. The van der Waals surface area contributed by atoms with Crippen LogP contribution >= 0.6 is 0 Å². The predicted octanol–water partition coefficient (Wildman–Crippen LogP) is 15.8. The zero-order chi connectivity index (χ0) is 42.6. The minimum Gasteiger partial charge on any atom is -0.310 e. The molecule has 1 spiro atoms. The Kier molecular flexibility index (Phi) is 7.76. The Balaban J connectivity index is 1.08. The van der Waals surface area contributed by atoms with Crippen molar-refractivity contribution in [3.05, 3.63) is 275 Å². The molecule has 304 valence electrons. The molecular weight excluding hydrogens is 785 g/mol. The van der Waals surface area contributed by atoms with Gasteiger partial charge in [0.2, 0.25) is 0 Å². The van der Waals surface area contributed by atoms with Crippen molar-refractivity contribution < 1.29 is 0 Å². The topological polar surface area (TPSA) is 8.17 Å². The fraction of sp³-hybridized carbons (Fsp3) is 0.0476. The molecule has 3 aliphatic rings. The average Bonchev–Trinajstić information content (AvgIpc) is 3.86. The summed E-state index contributed by atoms with van der Waals surface area (Å²) in [5.41, 5.74) is 24.9. The molecule has 2 heterocycles. The van der Waals surface area contributed by atoms with E-state index in [0.717, 1.165) is 24.2 Å². The third kappa shape index (κ3) is 5.05. The number of benzene rings is 10. The number of anilines is 3. The van der Waals surface area contributed by atoms with Gasteiger partial charge in [0.25, 0.3) is 0 Å². The summed E-state index contributed by atoms with van der Waals surface area (Å²) in [6.45, 7) is 0. The summed E-state index contributed by atoms with van der Waals surface area (Å²) in [7, 11) is 0. The maximum Gasteiger partial charge on any atom is 0.0755 e. The van der Waals surface area contributed by atoms with Crippen LogP contribution in [0.4, 0.5) is 17.1 Å². The van der Waals surface area contributed by atoms with Gasteiger partial charge in [-0.3, -0.25) is 0 Å². The molecule has 0 amide bonds. The summed E-state index contributed by atoms with van der Waals surface area (Å²) in [6.07, 6.45) is 1.64. The van der Waals surface area contributed by atoms with Crippen LogP contribution in [0.5, 0.6) is 0 Å². The van der Waals surface area contributed by atoms with Gasteiger partial charge in [0.15, 0.2) is 0 Å². The van der Waals surface area contributed by atoms with E-state index in [1.807, 2.05) is 0 Å². The summed E-state index contributed by atoms with van der Waals surface area (Å²) in [6, 6.07) is 86.7. The second-order valence-corrected chi connectivity index (χ2v) is 17.9. The number of nitrogens with zero attached hydrogens (tertiary/aromatic N) is 2. The molecule has 0 N–H and O–H groups in total. The largest absolute Gasteiger partial charge is 0.310 e. The number of hydrogen-bond acceptors (Lipinski definition) is 1. The van der Waals surface area contributed by atoms with E-state index < -0.39 is 5.41 Å². The van der Waals surface area contributed by atoms with Crippen LogP contribution in [0.3, 0.4) is 0 Å². The van der Waals surface area contributed by atoms with E-state index in [4.69, 9.17) is 0 Å². The van der Waals surface area contributed by atoms with Gasteiger partial charge in [0.1, 0.15) is 0 Å². The number of hydrogen-bond donors (Lipinski definition) is 0. The number of rotatable bonds is 3. The molecule has 65 heavy (non-hydrogen) atoms. The molecule has 0 saturated heterocycles. The normalized spacial score (nSPS) is 13.5. The average molecular weight is 827 g/mol. The van der Waals surface area contributed by atoms with Crippen molar-refractivity contribution in [2.75, 3.05) is 4.90 Å². The van der Waals surface area contributed by atoms with Crippen molar-refractivity contribution in [1.29, 1.82) is 0 Å². The van der Waals surface area contributed by atoms with Gasteiger partial charge in [-0.2, -0.15) is 0 Å². The van der Waals surface area contributed by atoms with Crippen LogP contribution in [0.25, 0.3) is 60.9 Å². The van der Waals surface area contributed by atoms with E-state index in [1.165, 1.54) is 111 Å². The van der Waals surface area contributed by atoms with Gasteiger partial charge in [0, 0.05) is 27.7 Å². The van der Waals surface area contributed by atoms with Crippen LogP contribution in [0.1, 0.15) is 44.5 Å². The number of aromatic nitrogens is 1. The van der Waals surface area contributed by atoms with Crippen LogP contribution in [0, 0.1) is 0 Å². The van der Waals surface area contributed by atoms with Gasteiger partial charge < -0.3 is 9.47 Å². The van der Waals surface area contributed by atoms with Crippen molar-refractivity contribution >= 4 is 38.9 Å². The van der Waals surface area contributed by atoms with Gasteiger partial charge >= 0.3 is 0 Å². The predicted molar refractivity (Wildman–Crippen MR) is 269 cm³/mol. The fourth-order valence-corrected chi connectivity index (χ4v) is 12.1. The lowest BCUT2D eigenvalue weighted by molar-refractivity contribution is 0.748. The molecule has 1 aliphatic heterocycles. The smallest absolute Gasteiger partial charge is 0.0755 e. The summed E-state index contributed by atoms with van der Waals surface area (Å²) >= 11 is 0. The maximum atomic E-state index is 2.55. The molecule has 0 bridgehead atoms. The molecule has 2 heteroatoms. The van der Waals surface area contributed by atoms with Gasteiger partial charge in [-0.1, -0.05) is 188 Å². The summed E-state index contributed by atoms with van der Waals surface area (Å²) < 4.78 is 2.55. The van der Waals surface area contributed by atoms with E-state index in [1.54, 1.807) is 0 Å². The van der Waals surface area contributed by atoms with Crippen molar-refractivity contribution in [3.63, 3.8) is 0 Å². The minimum absolute atomic E-state index is 0.559. The lowest BCUT2D eigenvalue weighted by Crippen LogP contribution is -2.33. The highest BCUT2D eigenvalue weighted by atomic mass is 15.1. The van der Waals surface area contributed by atoms with E-state index >= 15 is 0 Å². The van der Waals surface area contributed by atoms with Crippen molar-refractivity contribution in [2.24, 2.45) is 0 Å². The molecule has 0 fully saturated rings. The van der Waals surface area contributed by atoms with Crippen LogP contribution in [-0.2, 0) is 18.3 Å². The molecular formula is C63H42N2. The molecule has 11 aromatic rings. The maximum absolute atomic E-state index is 2.55. The van der Waals surface area contributed by atoms with Crippen molar-refractivity contribution in [3.8, 4) is 39.1 Å². The molecule has 10 aromatic carbocycles. The fourth-order valence-electron chi connectivity index (χ4n) is 12.1. The lowest BCUT2D eigenvalue weighted by atomic mass is 9.65. The molecule has 0 radical (unpaired) electrons. The Hall–Kier alpha value is -8.20. The van der Waals surface area contributed by atoms with Gasteiger partial charge in [-0.05, 0) is 128 Å². The first-order chi connectivity index (χ1) is 32.3. The van der Waals surface area contributed by atoms with Crippen LogP contribution < -0.4 is 4.90 Å². The van der Waals surface area contributed by atoms with Gasteiger partial charge in [0.05, 0.1) is 27.8 Å². The van der Waals surface area contributed by atoms with Crippen molar-refractivity contribution in [1.82, 2.24) is 4.57 Å². The third-order valence-corrected chi connectivity index (χ3v) is 14.7. The van der Waals surface area contributed by atoms with Gasteiger partial charge in [-0.15, -0.1) is 0 Å². The molecule has 0 unspecified atom stereocenters. The van der Waals surface area contributed by atoms with E-state index in [9.17, 15) is 0 Å². The third-order valence-electron chi connectivity index (χ3n) is 14.7.